The Balaban J connectivity index is -0.000000258. The van der Waals surface area contributed by atoms with Gasteiger partial charge in [0.1, 0.15) is 0 Å². The Bertz CT molecular complexity index is 341. The van der Waals surface area contributed by atoms with Gasteiger partial charge in [-0.1, -0.05) is 19.6 Å². The van der Waals surface area contributed by atoms with Crippen molar-refractivity contribution in [1.82, 2.24) is 0 Å². The van der Waals surface area contributed by atoms with Gasteiger partial charge in [-0.3, -0.25) is 0 Å². The Labute approximate surface area is 129 Å². The smallest absolute Gasteiger partial charge is 1.00 e. The molecule has 0 unspecified atom stereocenters. The van der Waals surface area contributed by atoms with E-state index in [2.05, 4.69) is 50.2 Å². The fraction of sp³-hybridized carbons (Fsp3) is 0.167. The van der Waals surface area contributed by atoms with Gasteiger partial charge in [0.2, 0.25) is 0 Å². The molecule has 0 aliphatic heterocycles. The van der Waals surface area contributed by atoms with E-state index in [-0.39, 0.29) is 57.6 Å². The van der Waals surface area contributed by atoms with Gasteiger partial charge in [0.15, 0.2) is 0 Å². The summed E-state index contributed by atoms with van der Waals surface area (Å²) >= 11 is 0. The molecule has 16 heavy (non-hydrogen) atoms. The molecule has 86 valence electrons. The molecular formula is C12H14Cl2OZr. The van der Waals surface area contributed by atoms with Crippen LogP contribution in [0.2, 0.25) is 0 Å². The fourth-order valence-corrected chi connectivity index (χ4v) is 1.31. The van der Waals surface area contributed by atoms with Crippen molar-refractivity contribution < 1.29 is 56.1 Å². The molecule has 2 aromatic carbocycles. The van der Waals surface area contributed by atoms with E-state index in [4.69, 9.17) is 5.11 Å². The minimum absolute atomic E-state index is 0. The van der Waals surface area contributed by atoms with Crippen LogP contribution in [0.15, 0.2) is 36.4 Å². The summed E-state index contributed by atoms with van der Waals surface area (Å²) in [6.07, 6.45) is 0. The Hall–Kier alpha value is 0.253. The number of hydrogen-bond donors (Lipinski definition) is 1. The second-order valence-electron chi connectivity index (χ2n) is 2.89. The third-order valence-electron chi connectivity index (χ3n) is 1.76. The third-order valence-corrected chi connectivity index (χ3v) is 1.76. The molecule has 0 aromatic heterocycles. The molecule has 4 heteroatoms. The van der Waals surface area contributed by atoms with Crippen molar-refractivity contribution in [3.05, 3.63) is 48.9 Å². The average molecular weight is 336 g/mol. The van der Waals surface area contributed by atoms with E-state index < -0.39 is 0 Å². The molecular weight excluding hydrogens is 322 g/mol. The predicted molar refractivity (Wildman–Crippen MR) is 56.7 cm³/mol. The van der Waals surface area contributed by atoms with E-state index in [1.54, 1.807) is 0 Å². The maximum absolute atomic E-state index is 7.46. The first-order chi connectivity index (χ1) is 6.27. The van der Waals surface area contributed by atoms with Crippen LogP contribution in [0.1, 0.15) is 5.56 Å². The van der Waals surface area contributed by atoms with Crippen molar-refractivity contribution >= 4 is 10.8 Å². The van der Waals surface area contributed by atoms with Crippen LogP contribution >= 0.6 is 0 Å². The molecule has 0 aliphatic rings. The summed E-state index contributed by atoms with van der Waals surface area (Å²) in [7, 11) is 0. The quantitative estimate of drug-likeness (QED) is 0.500. The maximum atomic E-state index is 7.46. The summed E-state index contributed by atoms with van der Waals surface area (Å²) in [4.78, 5) is 0. The van der Waals surface area contributed by atoms with Crippen LogP contribution in [0, 0.1) is 13.8 Å². The summed E-state index contributed by atoms with van der Waals surface area (Å²) in [6, 6.07) is 12.8. The van der Waals surface area contributed by atoms with Gasteiger partial charge in [-0.25, -0.2) is 0 Å². The molecule has 0 atom stereocenters. The van der Waals surface area contributed by atoms with Crippen LogP contribution in [-0.2, 0) is 26.2 Å². The Morgan fingerprint density at radius 3 is 2.25 bits per heavy atom. The standard InChI is InChI=1S/C10H9.C2H5O.2ClH.Zr/c1-8-6-9-4-2-3-5-10(9)7-8;1-2-3;;;/h2-7H,1H3;3H,1-2H2;2*1H;/q2*-1;;;+4/p-2. The van der Waals surface area contributed by atoms with Crippen LogP contribution < -0.4 is 24.8 Å². The minimum atomic E-state index is 0. The van der Waals surface area contributed by atoms with Gasteiger partial charge >= 0.3 is 26.2 Å². The van der Waals surface area contributed by atoms with Crippen molar-refractivity contribution in [2.24, 2.45) is 0 Å². The number of rotatable bonds is 0. The number of halogens is 2. The molecule has 0 radical (unpaired) electrons. The molecule has 1 nitrogen and oxygen atoms in total. The van der Waals surface area contributed by atoms with Crippen molar-refractivity contribution in [2.45, 2.75) is 6.92 Å². The first kappa shape index (κ1) is 21.5. The van der Waals surface area contributed by atoms with E-state index in [0.29, 0.717) is 0 Å². The molecule has 0 aliphatic carbocycles. The number of aryl methyl sites for hydroxylation is 1. The molecule has 1 N–H and O–H groups in total. The number of fused-ring (bicyclic) bond motifs is 1. The van der Waals surface area contributed by atoms with E-state index in [0.717, 1.165) is 0 Å². The SMILES string of the molecule is Cc1cc2ccccc2[cH-]1.[CH2-]CO.[Cl-].[Cl-].[Zr+4]. The third kappa shape index (κ3) is 6.75. The zero-order chi connectivity index (χ0) is 9.68. The van der Waals surface area contributed by atoms with Gasteiger partial charge in [-0.2, -0.15) is 6.07 Å². The number of aliphatic hydroxyl groups excluding tert-OH is 1. The predicted octanol–water partition coefficient (Wildman–Crippen LogP) is -3.31. The van der Waals surface area contributed by atoms with Gasteiger partial charge in [0.25, 0.3) is 0 Å². The van der Waals surface area contributed by atoms with Crippen LogP contribution in [0.5, 0.6) is 0 Å². The molecule has 0 fully saturated rings. The number of hydrogen-bond acceptors (Lipinski definition) is 1. The molecule has 0 heterocycles. The van der Waals surface area contributed by atoms with Crippen LogP contribution in [0.25, 0.3) is 10.8 Å². The van der Waals surface area contributed by atoms with E-state index in [1.165, 1.54) is 16.3 Å². The maximum Gasteiger partial charge on any atom is 4.00 e. The van der Waals surface area contributed by atoms with Crippen molar-refractivity contribution in [1.29, 1.82) is 0 Å². The first-order valence-corrected chi connectivity index (χ1v) is 4.30. The van der Waals surface area contributed by atoms with Crippen LogP contribution in [0.3, 0.4) is 0 Å². The Kier molecular flexibility index (Phi) is 15.8. The minimum Gasteiger partial charge on any atom is -1.00 e. The van der Waals surface area contributed by atoms with E-state index in [1.807, 2.05) is 0 Å². The van der Waals surface area contributed by atoms with Crippen molar-refractivity contribution in [2.75, 3.05) is 6.61 Å². The zero-order valence-electron chi connectivity index (χ0n) is 9.08. The van der Waals surface area contributed by atoms with E-state index >= 15 is 0 Å². The first-order valence-electron chi connectivity index (χ1n) is 4.30. The second kappa shape index (κ2) is 11.7. The van der Waals surface area contributed by atoms with E-state index in [9.17, 15) is 0 Å². The molecule has 2 rings (SSSR count). The van der Waals surface area contributed by atoms with Crippen molar-refractivity contribution in [3.63, 3.8) is 0 Å². The van der Waals surface area contributed by atoms with Gasteiger partial charge in [-0.05, 0) is 0 Å². The zero-order valence-corrected chi connectivity index (χ0v) is 13.1. The normalized spacial score (nSPS) is 7.69. The fourth-order valence-electron chi connectivity index (χ4n) is 1.31. The number of benzene rings is 1. The van der Waals surface area contributed by atoms with Gasteiger partial charge in [0, 0.05) is 0 Å². The summed E-state index contributed by atoms with van der Waals surface area (Å²) in [6.45, 7) is 5.17. The van der Waals surface area contributed by atoms with Gasteiger partial charge in [0.05, 0.1) is 0 Å². The molecule has 0 bridgehead atoms. The Morgan fingerprint density at radius 2 is 1.75 bits per heavy atom. The molecule has 0 amide bonds. The molecule has 0 saturated carbocycles. The summed E-state index contributed by atoms with van der Waals surface area (Å²) in [5.74, 6) is 0. The summed E-state index contributed by atoms with van der Waals surface area (Å²) < 4.78 is 0. The monoisotopic (exact) mass is 334 g/mol. The summed E-state index contributed by atoms with van der Waals surface area (Å²) in [5.41, 5.74) is 1.35. The molecule has 0 saturated heterocycles. The number of aliphatic hydroxyl groups is 1. The average Bonchev–Trinajstić information content (AvgIpc) is 2.45. The van der Waals surface area contributed by atoms with Crippen molar-refractivity contribution in [3.8, 4) is 0 Å². The van der Waals surface area contributed by atoms with Crippen LogP contribution in [-0.4, -0.2) is 11.7 Å². The molecule has 2 aromatic rings. The summed E-state index contributed by atoms with van der Waals surface area (Å²) in [5, 5.41) is 10.2. The van der Waals surface area contributed by atoms with Gasteiger partial charge < -0.3 is 36.8 Å². The van der Waals surface area contributed by atoms with Gasteiger partial charge in [-0.15, -0.1) is 40.6 Å². The largest absolute Gasteiger partial charge is 4.00 e. The topological polar surface area (TPSA) is 20.2 Å². The second-order valence-corrected chi connectivity index (χ2v) is 2.89. The Morgan fingerprint density at radius 1 is 1.25 bits per heavy atom. The van der Waals surface area contributed by atoms with Crippen LogP contribution in [0.4, 0.5) is 0 Å². The molecule has 0 spiro atoms.